The standard InChI is InChI=1S/C20H31N3O3/c1-17-5-7-18(8-6-17)26-19-15-23(16-19)20(24)21-9-3-2-4-10-22-11-13-25-14-12-22/h5-8,19H,2-4,9-16H2,1H3,(H,21,24). The summed E-state index contributed by atoms with van der Waals surface area (Å²) >= 11 is 0. The maximum atomic E-state index is 12.1. The van der Waals surface area contributed by atoms with Crippen LogP contribution in [0.15, 0.2) is 24.3 Å². The number of urea groups is 1. The molecule has 6 heteroatoms. The Balaban J connectivity index is 1.20. The molecule has 3 rings (SSSR count). The highest BCUT2D eigenvalue weighted by atomic mass is 16.5. The molecule has 0 radical (unpaired) electrons. The largest absolute Gasteiger partial charge is 0.487 e. The Kier molecular flexibility index (Phi) is 7.14. The van der Waals surface area contributed by atoms with E-state index < -0.39 is 0 Å². The van der Waals surface area contributed by atoms with Crippen LogP contribution in [-0.2, 0) is 4.74 Å². The first-order chi connectivity index (χ1) is 12.7. The summed E-state index contributed by atoms with van der Waals surface area (Å²) in [7, 11) is 0. The van der Waals surface area contributed by atoms with Gasteiger partial charge in [0.25, 0.3) is 0 Å². The van der Waals surface area contributed by atoms with Crippen molar-refractivity contribution in [3.8, 4) is 5.75 Å². The average Bonchev–Trinajstić information content (AvgIpc) is 2.63. The number of ether oxygens (including phenoxy) is 2. The first-order valence-corrected chi connectivity index (χ1v) is 9.77. The van der Waals surface area contributed by atoms with E-state index in [9.17, 15) is 4.79 Å². The van der Waals surface area contributed by atoms with Crippen LogP contribution < -0.4 is 10.1 Å². The molecule has 1 aromatic carbocycles. The molecule has 2 heterocycles. The Morgan fingerprint density at radius 1 is 1.15 bits per heavy atom. The number of benzene rings is 1. The molecule has 2 saturated heterocycles. The molecule has 0 spiro atoms. The summed E-state index contributed by atoms with van der Waals surface area (Å²) in [5.74, 6) is 0.876. The molecule has 0 aliphatic carbocycles. The maximum absolute atomic E-state index is 12.1. The summed E-state index contributed by atoms with van der Waals surface area (Å²) in [6, 6.07) is 8.07. The number of carbonyl (C=O) groups excluding carboxylic acids is 1. The van der Waals surface area contributed by atoms with Crippen LogP contribution in [0.5, 0.6) is 5.75 Å². The Bertz CT molecular complexity index is 552. The van der Waals surface area contributed by atoms with Gasteiger partial charge in [0.2, 0.25) is 0 Å². The number of rotatable bonds is 8. The molecule has 0 atom stereocenters. The van der Waals surface area contributed by atoms with E-state index >= 15 is 0 Å². The summed E-state index contributed by atoms with van der Waals surface area (Å²) in [5.41, 5.74) is 1.22. The fourth-order valence-corrected chi connectivity index (χ4v) is 3.26. The van der Waals surface area contributed by atoms with Gasteiger partial charge in [-0.15, -0.1) is 0 Å². The lowest BCUT2D eigenvalue weighted by molar-refractivity contribution is 0.0371. The van der Waals surface area contributed by atoms with Gasteiger partial charge < -0.3 is 19.7 Å². The predicted octanol–water partition coefficient (Wildman–Crippen LogP) is 2.27. The lowest BCUT2D eigenvalue weighted by atomic mass is 10.1. The van der Waals surface area contributed by atoms with Crippen molar-refractivity contribution in [2.75, 3.05) is 52.5 Å². The molecule has 1 N–H and O–H groups in total. The molecule has 26 heavy (non-hydrogen) atoms. The Hall–Kier alpha value is -1.79. The van der Waals surface area contributed by atoms with E-state index in [1.807, 2.05) is 29.2 Å². The van der Waals surface area contributed by atoms with E-state index in [4.69, 9.17) is 9.47 Å². The molecular weight excluding hydrogens is 330 g/mol. The summed E-state index contributed by atoms with van der Waals surface area (Å²) in [4.78, 5) is 16.4. The lowest BCUT2D eigenvalue weighted by Crippen LogP contribution is -2.58. The smallest absolute Gasteiger partial charge is 0.317 e. The number of nitrogens with zero attached hydrogens (tertiary/aromatic N) is 2. The molecule has 1 aromatic rings. The van der Waals surface area contributed by atoms with E-state index in [-0.39, 0.29) is 12.1 Å². The van der Waals surface area contributed by atoms with E-state index in [1.54, 1.807) is 0 Å². The van der Waals surface area contributed by atoms with Gasteiger partial charge in [-0.3, -0.25) is 4.90 Å². The summed E-state index contributed by atoms with van der Waals surface area (Å²) in [5, 5.41) is 3.01. The number of nitrogens with one attached hydrogen (secondary N) is 1. The van der Waals surface area contributed by atoms with Gasteiger partial charge in [-0.05, 0) is 38.4 Å². The van der Waals surface area contributed by atoms with E-state index in [1.165, 1.54) is 12.0 Å². The molecule has 0 bridgehead atoms. The van der Waals surface area contributed by atoms with Crippen LogP contribution in [-0.4, -0.2) is 74.4 Å². The monoisotopic (exact) mass is 361 g/mol. The van der Waals surface area contributed by atoms with E-state index in [0.717, 1.165) is 58.0 Å². The van der Waals surface area contributed by atoms with Gasteiger partial charge in [0.05, 0.1) is 26.3 Å². The molecule has 144 valence electrons. The Morgan fingerprint density at radius 2 is 1.88 bits per heavy atom. The van der Waals surface area contributed by atoms with Gasteiger partial charge in [-0.25, -0.2) is 4.79 Å². The van der Waals surface area contributed by atoms with E-state index in [0.29, 0.717) is 13.1 Å². The van der Waals surface area contributed by atoms with Gasteiger partial charge in [-0.2, -0.15) is 0 Å². The fraction of sp³-hybridized carbons (Fsp3) is 0.650. The maximum Gasteiger partial charge on any atom is 0.317 e. The number of aryl methyl sites for hydroxylation is 1. The van der Waals surface area contributed by atoms with Crippen molar-refractivity contribution in [1.82, 2.24) is 15.1 Å². The lowest BCUT2D eigenvalue weighted by Gasteiger charge is -2.38. The number of hydrogen-bond donors (Lipinski definition) is 1. The second-order valence-corrected chi connectivity index (χ2v) is 7.20. The number of carbonyl (C=O) groups is 1. The number of likely N-dealkylation sites (tertiary alicyclic amines) is 1. The molecule has 0 unspecified atom stereocenters. The van der Waals surface area contributed by atoms with Gasteiger partial charge in [0.1, 0.15) is 11.9 Å². The summed E-state index contributed by atoms with van der Waals surface area (Å²) < 4.78 is 11.2. The zero-order valence-corrected chi connectivity index (χ0v) is 15.8. The third-order valence-corrected chi connectivity index (χ3v) is 4.99. The fourth-order valence-electron chi connectivity index (χ4n) is 3.26. The summed E-state index contributed by atoms with van der Waals surface area (Å²) in [6.45, 7) is 9.11. The number of amides is 2. The van der Waals surface area contributed by atoms with Crippen molar-refractivity contribution in [2.45, 2.75) is 32.3 Å². The Morgan fingerprint density at radius 3 is 2.62 bits per heavy atom. The minimum absolute atomic E-state index is 0.0296. The van der Waals surface area contributed by atoms with Crippen molar-refractivity contribution in [3.05, 3.63) is 29.8 Å². The van der Waals surface area contributed by atoms with Gasteiger partial charge >= 0.3 is 6.03 Å². The van der Waals surface area contributed by atoms with Gasteiger partial charge in [-0.1, -0.05) is 24.1 Å². The minimum atomic E-state index is 0.0296. The van der Waals surface area contributed by atoms with Crippen molar-refractivity contribution >= 4 is 6.03 Å². The van der Waals surface area contributed by atoms with Gasteiger partial charge in [0, 0.05) is 19.6 Å². The molecule has 2 fully saturated rings. The highest BCUT2D eigenvalue weighted by Crippen LogP contribution is 2.18. The molecular formula is C20H31N3O3. The molecule has 6 nitrogen and oxygen atoms in total. The number of morpholine rings is 1. The molecule has 0 saturated carbocycles. The van der Waals surface area contributed by atoms with Crippen LogP contribution in [0.3, 0.4) is 0 Å². The highest BCUT2D eigenvalue weighted by Gasteiger charge is 2.32. The zero-order chi connectivity index (χ0) is 18.2. The van der Waals surface area contributed by atoms with Crippen molar-refractivity contribution in [2.24, 2.45) is 0 Å². The number of hydrogen-bond acceptors (Lipinski definition) is 4. The molecule has 2 aliphatic rings. The van der Waals surface area contributed by atoms with Crippen LogP contribution in [0.4, 0.5) is 4.79 Å². The average molecular weight is 361 g/mol. The van der Waals surface area contributed by atoms with Crippen LogP contribution in [0.1, 0.15) is 24.8 Å². The predicted molar refractivity (Wildman–Crippen MR) is 102 cm³/mol. The normalized spacial score (nSPS) is 18.4. The third kappa shape index (κ3) is 5.88. The topological polar surface area (TPSA) is 54.0 Å². The second-order valence-electron chi connectivity index (χ2n) is 7.20. The first-order valence-electron chi connectivity index (χ1n) is 9.77. The molecule has 0 aromatic heterocycles. The SMILES string of the molecule is Cc1ccc(OC2CN(C(=O)NCCCCCN3CCOCC3)C2)cc1. The molecule has 2 amide bonds. The highest BCUT2D eigenvalue weighted by molar-refractivity contribution is 5.75. The molecule has 2 aliphatic heterocycles. The van der Waals surface area contributed by atoms with Crippen molar-refractivity contribution < 1.29 is 14.3 Å². The number of unbranched alkanes of at least 4 members (excludes halogenated alkanes) is 2. The van der Waals surface area contributed by atoms with Crippen molar-refractivity contribution in [3.63, 3.8) is 0 Å². The first kappa shape index (κ1) is 19.0. The third-order valence-electron chi connectivity index (χ3n) is 4.99. The summed E-state index contributed by atoms with van der Waals surface area (Å²) in [6.07, 6.45) is 3.48. The van der Waals surface area contributed by atoms with Crippen LogP contribution in [0.2, 0.25) is 0 Å². The van der Waals surface area contributed by atoms with Gasteiger partial charge in [0.15, 0.2) is 0 Å². The zero-order valence-electron chi connectivity index (χ0n) is 15.8. The Labute approximate surface area is 156 Å². The van der Waals surface area contributed by atoms with E-state index in [2.05, 4.69) is 17.1 Å². The second kappa shape index (κ2) is 9.78. The van der Waals surface area contributed by atoms with Crippen molar-refractivity contribution in [1.29, 1.82) is 0 Å². The van der Waals surface area contributed by atoms with Crippen LogP contribution in [0, 0.1) is 6.92 Å². The quantitative estimate of drug-likeness (QED) is 0.722. The van der Waals surface area contributed by atoms with Crippen LogP contribution in [0.25, 0.3) is 0 Å². The minimum Gasteiger partial charge on any atom is -0.487 e. The van der Waals surface area contributed by atoms with Crippen LogP contribution >= 0.6 is 0 Å².